The summed E-state index contributed by atoms with van der Waals surface area (Å²) in [6, 6.07) is 24.9. The maximum absolute atomic E-state index is 4.55. The Kier molecular flexibility index (Phi) is 5.97. The highest BCUT2D eigenvalue weighted by atomic mass is 79.9. The van der Waals surface area contributed by atoms with E-state index in [2.05, 4.69) is 103 Å². The summed E-state index contributed by atoms with van der Waals surface area (Å²) in [6.45, 7) is 0. The minimum atomic E-state index is 0.956. The lowest BCUT2D eigenvalue weighted by molar-refractivity contribution is 1.33. The smallest absolute Gasteiger partial charge is 0.0708 e. The first kappa shape index (κ1) is 20.8. The summed E-state index contributed by atoms with van der Waals surface area (Å²) in [5.41, 5.74) is 4.06. The molecule has 32 heavy (non-hydrogen) atoms. The molecule has 0 aliphatic carbocycles. The van der Waals surface area contributed by atoms with E-state index in [9.17, 15) is 0 Å². The van der Waals surface area contributed by atoms with Crippen molar-refractivity contribution in [1.82, 2.24) is 9.97 Å². The number of hydrogen-bond acceptors (Lipinski definition) is 2. The molecule has 0 N–H and O–H groups in total. The minimum Gasteiger partial charge on any atom is -0.256 e. The molecule has 0 saturated carbocycles. The van der Waals surface area contributed by atoms with Gasteiger partial charge in [-0.2, -0.15) is 0 Å². The zero-order valence-electron chi connectivity index (χ0n) is 17.0. The summed E-state index contributed by atoms with van der Waals surface area (Å²) in [4.78, 5) is 9.10. The van der Waals surface area contributed by atoms with Crippen LogP contribution in [0.4, 0.5) is 0 Å². The second kappa shape index (κ2) is 9.19. The van der Waals surface area contributed by atoms with E-state index in [1.807, 2.05) is 48.8 Å². The summed E-state index contributed by atoms with van der Waals surface area (Å²) in [7, 11) is 0. The summed E-state index contributed by atoms with van der Waals surface area (Å²) in [5, 5.41) is 4.65. The molecule has 5 rings (SSSR count). The van der Waals surface area contributed by atoms with Crippen molar-refractivity contribution in [2.24, 2.45) is 0 Å². The number of pyridine rings is 2. The molecule has 0 atom stereocenters. The molecule has 0 bridgehead atoms. The number of rotatable bonds is 4. The van der Waals surface area contributed by atoms with E-state index in [1.54, 1.807) is 0 Å². The van der Waals surface area contributed by atoms with Crippen molar-refractivity contribution in [3.63, 3.8) is 0 Å². The molecule has 2 aromatic heterocycles. The summed E-state index contributed by atoms with van der Waals surface area (Å²) in [6.07, 6.45) is 12.0. The van der Waals surface area contributed by atoms with E-state index < -0.39 is 0 Å². The Hall–Kier alpha value is -3.08. The fraction of sp³-hybridized carbons (Fsp3) is 0. The number of hydrogen-bond donors (Lipinski definition) is 0. The molecule has 154 valence electrons. The largest absolute Gasteiger partial charge is 0.256 e. The first-order valence-corrected chi connectivity index (χ1v) is 11.8. The Morgan fingerprint density at radius 1 is 0.531 bits per heavy atom. The van der Waals surface area contributed by atoms with E-state index >= 15 is 0 Å². The first-order valence-electron chi connectivity index (χ1n) is 10.2. The van der Waals surface area contributed by atoms with Crippen LogP contribution in [0.5, 0.6) is 0 Å². The summed E-state index contributed by atoms with van der Waals surface area (Å²) >= 11 is 7.46. The second-order valence-electron chi connectivity index (χ2n) is 7.40. The van der Waals surface area contributed by atoms with Crippen LogP contribution in [0.3, 0.4) is 0 Å². The highest BCUT2D eigenvalue weighted by Gasteiger charge is 2.05. The molecule has 0 spiro atoms. The highest BCUT2D eigenvalue weighted by Crippen LogP contribution is 2.30. The number of fused-ring (bicyclic) bond motifs is 2. The van der Waals surface area contributed by atoms with Crippen molar-refractivity contribution in [3.8, 4) is 0 Å². The molecule has 0 aliphatic heterocycles. The fourth-order valence-corrected chi connectivity index (χ4v) is 4.71. The maximum Gasteiger partial charge on any atom is 0.0708 e. The second-order valence-corrected chi connectivity index (χ2v) is 9.11. The van der Waals surface area contributed by atoms with Gasteiger partial charge in [0.1, 0.15) is 0 Å². The van der Waals surface area contributed by atoms with Gasteiger partial charge in [0.05, 0.1) is 11.4 Å². The molecule has 0 aliphatic rings. The Labute approximate surface area is 203 Å². The Morgan fingerprint density at radius 2 is 0.969 bits per heavy atom. The van der Waals surface area contributed by atoms with E-state index in [0.717, 1.165) is 42.2 Å². The normalized spacial score (nSPS) is 11.8. The van der Waals surface area contributed by atoms with Gasteiger partial charge in [0.25, 0.3) is 0 Å². The predicted octanol–water partition coefficient (Wildman–Crippen LogP) is 8.65. The monoisotopic (exact) mass is 540 g/mol. The van der Waals surface area contributed by atoms with Gasteiger partial charge < -0.3 is 0 Å². The van der Waals surface area contributed by atoms with Crippen LogP contribution >= 0.6 is 31.9 Å². The minimum absolute atomic E-state index is 0.956. The van der Waals surface area contributed by atoms with Gasteiger partial charge >= 0.3 is 0 Å². The van der Waals surface area contributed by atoms with Gasteiger partial charge in [-0.3, -0.25) is 9.97 Å². The van der Waals surface area contributed by atoms with E-state index in [1.165, 1.54) is 10.8 Å². The van der Waals surface area contributed by atoms with E-state index in [0.29, 0.717) is 0 Å². The van der Waals surface area contributed by atoms with Gasteiger partial charge in [0.2, 0.25) is 0 Å². The first-order chi connectivity index (χ1) is 15.7. The third-order valence-electron chi connectivity index (χ3n) is 5.37. The molecule has 2 nitrogen and oxygen atoms in total. The molecule has 0 fully saturated rings. The number of halogens is 2. The molecule has 3 aromatic carbocycles. The average molecular weight is 542 g/mol. The number of benzene rings is 3. The topological polar surface area (TPSA) is 25.8 Å². The van der Waals surface area contributed by atoms with Gasteiger partial charge in [-0.15, -0.1) is 0 Å². The lowest BCUT2D eigenvalue weighted by Gasteiger charge is -2.06. The molecular formula is C28H18Br2N2. The van der Waals surface area contributed by atoms with Crippen molar-refractivity contribution in [2.45, 2.75) is 0 Å². The maximum atomic E-state index is 4.55. The van der Waals surface area contributed by atoms with Gasteiger partial charge in [-0.05, 0) is 58.3 Å². The van der Waals surface area contributed by atoms with E-state index in [-0.39, 0.29) is 0 Å². The van der Waals surface area contributed by atoms with Gasteiger partial charge in [-0.1, -0.05) is 92.5 Å². The molecule has 0 saturated heterocycles. The molecule has 0 amide bonds. The van der Waals surface area contributed by atoms with Crippen molar-refractivity contribution in [1.29, 1.82) is 0 Å². The predicted molar refractivity (Wildman–Crippen MR) is 143 cm³/mol. The Morgan fingerprint density at radius 3 is 1.44 bits per heavy atom. The molecule has 2 heterocycles. The lowest BCUT2D eigenvalue weighted by atomic mass is 10.1. The standard InChI is InChI=1S/C28H18Br2N2/c29-25-18-22(10-12-28-24-8-4-2-6-20(24)14-16-32-28)26(30)17-21(25)9-11-27-23-7-3-1-5-19(23)13-15-31-27/h1-18H/b11-9+,12-10+. The van der Waals surface area contributed by atoms with Gasteiger partial charge in [0.15, 0.2) is 0 Å². The number of nitrogens with zero attached hydrogens (tertiary/aromatic N) is 2. The lowest BCUT2D eigenvalue weighted by Crippen LogP contribution is -1.86. The summed E-state index contributed by atoms with van der Waals surface area (Å²) < 4.78 is 2.03. The molecule has 4 heteroatoms. The Balaban J connectivity index is 1.45. The number of aromatic nitrogens is 2. The van der Waals surface area contributed by atoms with Crippen molar-refractivity contribution >= 4 is 77.7 Å². The van der Waals surface area contributed by atoms with Crippen LogP contribution in [-0.4, -0.2) is 9.97 Å². The fourth-order valence-electron chi connectivity index (χ4n) is 3.72. The van der Waals surface area contributed by atoms with Crippen LogP contribution in [0.25, 0.3) is 45.8 Å². The van der Waals surface area contributed by atoms with Crippen LogP contribution in [0, 0.1) is 0 Å². The molecule has 0 unspecified atom stereocenters. The van der Waals surface area contributed by atoms with Crippen LogP contribution in [-0.2, 0) is 0 Å². The molecule has 0 radical (unpaired) electrons. The molecular weight excluding hydrogens is 524 g/mol. The average Bonchev–Trinajstić information content (AvgIpc) is 2.83. The van der Waals surface area contributed by atoms with Gasteiger partial charge in [0, 0.05) is 32.1 Å². The quantitative estimate of drug-likeness (QED) is 0.227. The third-order valence-corrected chi connectivity index (χ3v) is 6.74. The van der Waals surface area contributed by atoms with Crippen LogP contribution < -0.4 is 0 Å². The van der Waals surface area contributed by atoms with Gasteiger partial charge in [-0.25, -0.2) is 0 Å². The third kappa shape index (κ3) is 4.29. The highest BCUT2D eigenvalue weighted by molar-refractivity contribution is 9.11. The van der Waals surface area contributed by atoms with Crippen LogP contribution in [0.2, 0.25) is 0 Å². The van der Waals surface area contributed by atoms with Crippen LogP contribution in [0.1, 0.15) is 22.5 Å². The van der Waals surface area contributed by atoms with E-state index in [4.69, 9.17) is 0 Å². The zero-order valence-corrected chi connectivity index (χ0v) is 20.2. The summed E-state index contributed by atoms with van der Waals surface area (Å²) in [5.74, 6) is 0. The van der Waals surface area contributed by atoms with Crippen molar-refractivity contribution < 1.29 is 0 Å². The Bertz CT molecular complexity index is 1380. The SMILES string of the molecule is Brc1cc(/C=C/c2nccc3ccccc23)c(Br)cc1/C=C/c1nccc2ccccc12. The molecule has 5 aromatic rings. The van der Waals surface area contributed by atoms with Crippen molar-refractivity contribution in [3.05, 3.63) is 117 Å². The van der Waals surface area contributed by atoms with Crippen LogP contribution in [0.15, 0.2) is 94.1 Å². The zero-order chi connectivity index (χ0) is 21.9. The van der Waals surface area contributed by atoms with Crippen molar-refractivity contribution in [2.75, 3.05) is 0 Å².